The lowest BCUT2D eigenvalue weighted by molar-refractivity contribution is -0.358. The van der Waals surface area contributed by atoms with E-state index in [0.717, 1.165) is 0 Å². The Kier molecular flexibility index (Phi) is 6.66. The Morgan fingerprint density at radius 3 is 0.880 bits per heavy atom. The van der Waals surface area contributed by atoms with E-state index in [-0.39, 0.29) is 0 Å². The van der Waals surface area contributed by atoms with Crippen LogP contribution in [0.3, 0.4) is 0 Å². The maximum atomic E-state index is 12.7. The first-order valence-electron chi connectivity index (χ1n) is 5.93. The minimum absolute atomic E-state index is 1.73. The number of alkyl halides is 14. The summed E-state index contributed by atoms with van der Waals surface area (Å²) < 4.78 is 175. The van der Waals surface area contributed by atoms with Crippen molar-refractivity contribution in [3.05, 3.63) is 0 Å². The van der Waals surface area contributed by atoms with Crippen LogP contribution in [0.1, 0.15) is 12.8 Å². The Balaban J connectivity index is 4.62. The molecule has 0 atom stereocenters. The largest absolute Gasteiger partial charge is 0.459 e. The molecule has 0 spiro atoms. The fraction of sp³-hybridized carbons (Fsp3) is 1.00. The van der Waals surface area contributed by atoms with Gasteiger partial charge in [0.15, 0.2) is 0 Å². The van der Waals surface area contributed by atoms with Crippen LogP contribution in [0.4, 0.5) is 61.5 Å². The Morgan fingerprint density at radius 2 is 0.680 bits per heavy atom. The van der Waals surface area contributed by atoms with Gasteiger partial charge in [0.25, 0.3) is 0 Å². The molecule has 0 aromatic carbocycles. The molecule has 0 saturated heterocycles. The van der Waals surface area contributed by atoms with Crippen molar-refractivity contribution in [3.63, 3.8) is 0 Å². The molecular weight excluding hydrogens is 402 g/mol. The van der Waals surface area contributed by atoms with Crippen molar-refractivity contribution in [2.24, 2.45) is 0 Å². The highest BCUT2D eigenvalue weighted by Gasteiger charge is 2.73. The Labute approximate surface area is 129 Å². The predicted molar refractivity (Wildman–Crippen MR) is 52.0 cm³/mol. The maximum Gasteiger partial charge on any atom is 0.459 e. The van der Waals surface area contributed by atoms with Gasteiger partial charge in [-0.05, 0) is 0 Å². The third kappa shape index (κ3) is 5.00. The van der Waals surface area contributed by atoms with E-state index >= 15 is 0 Å². The summed E-state index contributed by atoms with van der Waals surface area (Å²) in [5.74, 6) is -24.4. The molecular formula is C10H8F14O. The van der Waals surface area contributed by atoms with E-state index in [0.29, 0.717) is 0 Å². The molecule has 0 amide bonds. The van der Waals surface area contributed by atoms with Gasteiger partial charge in [-0.2, -0.15) is 61.5 Å². The van der Waals surface area contributed by atoms with Crippen molar-refractivity contribution in [3.8, 4) is 0 Å². The van der Waals surface area contributed by atoms with E-state index in [2.05, 4.69) is 4.74 Å². The monoisotopic (exact) mass is 410 g/mol. The van der Waals surface area contributed by atoms with E-state index in [4.69, 9.17) is 0 Å². The van der Waals surface area contributed by atoms with Crippen LogP contribution in [-0.4, -0.2) is 49.3 Å². The molecule has 0 bridgehead atoms. The zero-order valence-corrected chi connectivity index (χ0v) is 11.5. The molecule has 0 aliphatic carbocycles. The highest BCUT2D eigenvalue weighted by atomic mass is 19.4. The lowest BCUT2D eigenvalue weighted by Crippen LogP contribution is -2.52. The molecule has 1 nitrogen and oxygen atoms in total. The maximum absolute atomic E-state index is 12.7. The van der Waals surface area contributed by atoms with Gasteiger partial charge in [0.1, 0.15) is 0 Å². The van der Waals surface area contributed by atoms with Gasteiger partial charge in [-0.15, -0.1) is 0 Å². The number of halogens is 14. The van der Waals surface area contributed by atoms with Gasteiger partial charge in [-0.3, -0.25) is 0 Å². The molecule has 0 aliphatic heterocycles. The number of hydrogen-bond acceptors (Lipinski definition) is 1. The van der Waals surface area contributed by atoms with Crippen LogP contribution in [0.2, 0.25) is 0 Å². The van der Waals surface area contributed by atoms with Crippen molar-refractivity contribution < 1.29 is 66.2 Å². The topological polar surface area (TPSA) is 9.23 Å². The molecule has 0 heterocycles. The predicted octanol–water partition coefficient (Wildman–Crippen LogP) is 5.45. The first kappa shape index (κ1) is 24.0. The van der Waals surface area contributed by atoms with Crippen LogP contribution in [0.15, 0.2) is 0 Å². The van der Waals surface area contributed by atoms with Gasteiger partial charge in [0.05, 0.1) is 13.2 Å². The van der Waals surface area contributed by atoms with Crippen LogP contribution in [0.25, 0.3) is 0 Å². The van der Waals surface area contributed by atoms with Gasteiger partial charge in [-0.1, -0.05) is 0 Å². The van der Waals surface area contributed by atoms with E-state index in [1.165, 1.54) is 0 Å². The zero-order valence-electron chi connectivity index (χ0n) is 11.5. The van der Waals surface area contributed by atoms with Crippen molar-refractivity contribution in [1.82, 2.24) is 0 Å². The molecule has 0 aromatic rings. The number of ether oxygens (including phenoxy) is 1. The number of rotatable bonds is 8. The third-order valence-electron chi connectivity index (χ3n) is 2.75. The summed E-state index contributed by atoms with van der Waals surface area (Å²) in [4.78, 5) is 0. The molecule has 0 rings (SSSR count). The molecule has 15 heteroatoms. The molecule has 0 aromatic heterocycles. The SMILES string of the molecule is FC(F)(F)C(F)(F)C(F)(F)CCOCCC(F)(F)C(F)(F)C(F)(F)F. The molecule has 0 radical (unpaired) electrons. The Hall–Kier alpha value is -1.02. The lowest BCUT2D eigenvalue weighted by Gasteiger charge is -2.29. The van der Waals surface area contributed by atoms with Crippen LogP contribution < -0.4 is 0 Å². The summed E-state index contributed by atoms with van der Waals surface area (Å²) in [5.41, 5.74) is 0. The minimum Gasteiger partial charge on any atom is -0.381 e. The summed E-state index contributed by atoms with van der Waals surface area (Å²) in [5, 5.41) is 0. The highest BCUT2D eigenvalue weighted by molar-refractivity contribution is 4.92. The first-order chi connectivity index (χ1) is 10.7. The average molecular weight is 410 g/mol. The fourth-order valence-electron chi connectivity index (χ4n) is 1.23. The lowest BCUT2D eigenvalue weighted by atomic mass is 10.1. The molecule has 25 heavy (non-hydrogen) atoms. The van der Waals surface area contributed by atoms with Gasteiger partial charge in [-0.25, -0.2) is 0 Å². The van der Waals surface area contributed by atoms with Crippen LogP contribution in [0, 0.1) is 0 Å². The molecule has 152 valence electrons. The normalized spacial score (nSPS) is 15.6. The first-order valence-corrected chi connectivity index (χ1v) is 5.93. The van der Waals surface area contributed by atoms with Crippen LogP contribution >= 0.6 is 0 Å². The standard InChI is InChI=1S/C10H8F14O/c11-5(12,7(15,16)9(19,20)21)1-3-25-4-2-6(13,14)8(17,18)10(22,23)24/h1-4H2. The summed E-state index contributed by atoms with van der Waals surface area (Å²) in [7, 11) is 0. The van der Waals surface area contributed by atoms with E-state index < -0.39 is 62.1 Å². The summed E-state index contributed by atoms with van der Waals surface area (Å²) in [6.07, 6.45) is -18.0. The number of hydrogen-bond donors (Lipinski definition) is 0. The second kappa shape index (κ2) is 6.95. The third-order valence-corrected chi connectivity index (χ3v) is 2.75. The minimum atomic E-state index is -6.64. The summed E-state index contributed by atoms with van der Waals surface area (Å²) in [6, 6.07) is 0. The van der Waals surface area contributed by atoms with Gasteiger partial charge >= 0.3 is 36.0 Å². The molecule has 0 saturated carbocycles. The van der Waals surface area contributed by atoms with Gasteiger partial charge in [0.2, 0.25) is 0 Å². The Bertz CT molecular complexity index is 394. The second-order valence-corrected chi connectivity index (χ2v) is 4.67. The molecule has 0 fully saturated rings. The van der Waals surface area contributed by atoms with Crippen molar-refractivity contribution in [1.29, 1.82) is 0 Å². The van der Waals surface area contributed by atoms with Crippen molar-refractivity contribution >= 4 is 0 Å². The second-order valence-electron chi connectivity index (χ2n) is 4.67. The molecule has 0 N–H and O–H groups in total. The van der Waals surface area contributed by atoms with E-state index in [1.54, 1.807) is 0 Å². The van der Waals surface area contributed by atoms with E-state index in [9.17, 15) is 61.5 Å². The summed E-state index contributed by atoms with van der Waals surface area (Å²) >= 11 is 0. The quantitative estimate of drug-likeness (QED) is 0.382. The molecule has 0 unspecified atom stereocenters. The van der Waals surface area contributed by atoms with Crippen LogP contribution in [-0.2, 0) is 4.74 Å². The molecule has 0 aliphatic rings. The highest BCUT2D eigenvalue weighted by Crippen LogP contribution is 2.49. The van der Waals surface area contributed by atoms with Crippen molar-refractivity contribution in [2.45, 2.75) is 48.9 Å². The smallest absolute Gasteiger partial charge is 0.381 e. The van der Waals surface area contributed by atoms with Gasteiger partial charge < -0.3 is 4.74 Å². The summed E-state index contributed by atoms with van der Waals surface area (Å²) in [6.45, 7) is -3.46. The Morgan fingerprint density at radius 1 is 0.440 bits per heavy atom. The average Bonchev–Trinajstić information content (AvgIpc) is 2.34. The zero-order chi connectivity index (χ0) is 20.5. The van der Waals surface area contributed by atoms with E-state index in [1.807, 2.05) is 0 Å². The van der Waals surface area contributed by atoms with Crippen LogP contribution in [0.5, 0.6) is 0 Å². The van der Waals surface area contributed by atoms with Crippen molar-refractivity contribution in [2.75, 3.05) is 13.2 Å². The van der Waals surface area contributed by atoms with Gasteiger partial charge in [0, 0.05) is 12.8 Å². The fourth-order valence-corrected chi connectivity index (χ4v) is 1.23.